The summed E-state index contributed by atoms with van der Waals surface area (Å²) in [5.74, 6) is 0.0263. The molecule has 0 aliphatic carbocycles. The number of amides is 2. The van der Waals surface area contributed by atoms with E-state index < -0.39 is 40.3 Å². The molecule has 0 saturated heterocycles. The van der Waals surface area contributed by atoms with Crippen molar-refractivity contribution in [3.63, 3.8) is 0 Å². The molecule has 0 fully saturated rings. The van der Waals surface area contributed by atoms with Crippen LogP contribution < -0.4 is 24.2 Å². The molecule has 0 aliphatic rings. The zero-order valence-corrected chi connectivity index (χ0v) is 30.0. The summed E-state index contributed by atoms with van der Waals surface area (Å²) in [7, 11) is -0.865. The number of ether oxygens (including phenoxy) is 3. The van der Waals surface area contributed by atoms with Crippen molar-refractivity contribution in [3.8, 4) is 17.2 Å². The monoisotopic (exact) mass is 745 g/mol. The number of hydrogen-bond acceptors (Lipinski definition) is 7. The largest absolute Gasteiger partial charge is 0.493 e. The van der Waals surface area contributed by atoms with E-state index in [1.165, 1.54) is 41.3 Å². The summed E-state index contributed by atoms with van der Waals surface area (Å²) >= 11 is 6.13. The maximum absolute atomic E-state index is 14.0. The van der Waals surface area contributed by atoms with Gasteiger partial charge in [-0.05, 0) is 95.9 Å². The predicted octanol–water partition coefficient (Wildman–Crippen LogP) is 6.80. The lowest BCUT2D eigenvalue weighted by molar-refractivity contribution is -0.143. The van der Waals surface area contributed by atoms with Gasteiger partial charge in [-0.15, -0.1) is 0 Å². The Bertz CT molecular complexity index is 2070. The van der Waals surface area contributed by atoms with Gasteiger partial charge in [0, 0.05) is 23.8 Å². The lowest BCUT2D eigenvalue weighted by atomic mass is 10.0. The number of nitrogens with one attached hydrogen (secondary N) is 2. The number of rotatable bonds is 16. The second kappa shape index (κ2) is 17.6. The van der Waals surface area contributed by atoms with Gasteiger partial charge in [-0.2, -0.15) is 0 Å². The summed E-state index contributed by atoms with van der Waals surface area (Å²) in [5.41, 5.74) is 2.45. The quantitative estimate of drug-likeness (QED) is 0.114. The number of hydrogen-bond donors (Lipinski definition) is 2. The summed E-state index contributed by atoms with van der Waals surface area (Å²) in [6, 6.07) is 30.9. The number of benzene rings is 5. The molecule has 0 spiro atoms. The molecule has 0 saturated carbocycles. The van der Waals surface area contributed by atoms with Gasteiger partial charge in [-0.25, -0.2) is 12.8 Å². The van der Waals surface area contributed by atoms with Crippen molar-refractivity contribution >= 4 is 39.1 Å². The standard InChI is InChI=1S/C39H37ClFN3O7S/c1-49-35-21-10-27(24-36(35)50-2)22-23-42-39(46)38(29-6-4-3-5-7-29)44(25-28-8-11-30(40)12-9-28)37(45)26-51-33-17-19-34(20-18-33)52(47,48)43-32-15-13-31(41)14-16-32/h3-21,24,38,43H,22-23,25-26H2,1-2H3,(H,42,46)/t38-/m1/s1. The van der Waals surface area contributed by atoms with Crippen molar-refractivity contribution in [3.05, 3.63) is 149 Å². The highest BCUT2D eigenvalue weighted by Crippen LogP contribution is 2.28. The smallest absolute Gasteiger partial charge is 0.261 e. The van der Waals surface area contributed by atoms with E-state index in [0.29, 0.717) is 28.5 Å². The lowest BCUT2D eigenvalue weighted by Gasteiger charge is -2.31. The average Bonchev–Trinajstić information content (AvgIpc) is 3.15. The van der Waals surface area contributed by atoms with E-state index in [1.807, 2.05) is 18.2 Å². The van der Waals surface area contributed by atoms with Crippen LogP contribution in [0.25, 0.3) is 0 Å². The van der Waals surface area contributed by atoms with Crippen LogP contribution in [0.15, 0.2) is 126 Å². The van der Waals surface area contributed by atoms with Crippen molar-refractivity contribution in [2.24, 2.45) is 0 Å². The van der Waals surface area contributed by atoms with Crippen molar-refractivity contribution in [2.75, 3.05) is 32.1 Å². The van der Waals surface area contributed by atoms with Crippen LogP contribution in [0.3, 0.4) is 0 Å². The highest BCUT2D eigenvalue weighted by Gasteiger charge is 2.32. The second-order valence-electron chi connectivity index (χ2n) is 11.6. The number of halogens is 2. The van der Waals surface area contributed by atoms with Crippen LogP contribution in [0.5, 0.6) is 17.2 Å². The number of nitrogens with zero attached hydrogens (tertiary/aromatic N) is 1. The molecule has 0 heterocycles. The first-order chi connectivity index (χ1) is 25.1. The van der Waals surface area contributed by atoms with Gasteiger partial charge < -0.3 is 24.4 Å². The third-order valence-electron chi connectivity index (χ3n) is 8.02. The fourth-order valence-corrected chi connectivity index (χ4v) is 6.54. The molecule has 5 aromatic carbocycles. The van der Waals surface area contributed by atoms with Gasteiger partial charge in [0.05, 0.1) is 19.1 Å². The highest BCUT2D eigenvalue weighted by molar-refractivity contribution is 7.92. The Morgan fingerprint density at radius 2 is 1.46 bits per heavy atom. The molecular formula is C39H37ClFN3O7S. The van der Waals surface area contributed by atoms with Gasteiger partial charge in [0.1, 0.15) is 17.6 Å². The maximum Gasteiger partial charge on any atom is 0.261 e. The normalized spacial score (nSPS) is 11.6. The van der Waals surface area contributed by atoms with Gasteiger partial charge in [0.25, 0.3) is 15.9 Å². The molecule has 5 aromatic rings. The first-order valence-corrected chi connectivity index (χ1v) is 18.0. The van der Waals surface area contributed by atoms with E-state index in [2.05, 4.69) is 10.0 Å². The minimum absolute atomic E-state index is 0.0613. The zero-order chi connectivity index (χ0) is 37.1. The minimum Gasteiger partial charge on any atom is -0.493 e. The van der Waals surface area contributed by atoms with Crippen LogP contribution >= 0.6 is 11.6 Å². The van der Waals surface area contributed by atoms with Crippen LogP contribution in [-0.4, -0.2) is 52.5 Å². The Labute approximate surface area is 307 Å². The topological polar surface area (TPSA) is 123 Å². The minimum atomic E-state index is -3.98. The summed E-state index contributed by atoms with van der Waals surface area (Å²) < 4.78 is 57.9. The fraction of sp³-hybridized carbons (Fsp3) is 0.179. The van der Waals surface area contributed by atoms with Gasteiger partial charge in [-0.1, -0.05) is 60.1 Å². The van der Waals surface area contributed by atoms with E-state index in [0.717, 1.165) is 23.3 Å². The van der Waals surface area contributed by atoms with Gasteiger partial charge in [0.2, 0.25) is 5.91 Å². The molecule has 270 valence electrons. The number of carbonyl (C=O) groups excluding carboxylic acids is 2. The van der Waals surface area contributed by atoms with Gasteiger partial charge in [0.15, 0.2) is 18.1 Å². The van der Waals surface area contributed by atoms with E-state index in [4.69, 9.17) is 25.8 Å². The number of methoxy groups -OCH3 is 2. The lowest BCUT2D eigenvalue weighted by Crippen LogP contribution is -2.45. The molecule has 2 N–H and O–H groups in total. The molecule has 52 heavy (non-hydrogen) atoms. The molecular weight excluding hydrogens is 709 g/mol. The van der Waals surface area contributed by atoms with Gasteiger partial charge in [-0.3, -0.25) is 14.3 Å². The first kappa shape index (κ1) is 37.7. The molecule has 10 nitrogen and oxygen atoms in total. The van der Waals surface area contributed by atoms with E-state index in [9.17, 15) is 22.4 Å². The predicted molar refractivity (Wildman–Crippen MR) is 197 cm³/mol. The van der Waals surface area contributed by atoms with Crippen LogP contribution in [0, 0.1) is 5.82 Å². The summed E-state index contributed by atoms with van der Waals surface area (Å²) in [6.45, 7) is -0.105. The number of sulfonamides is 1. The molecule has 0 aromatic heterocycles. The average molecular weight is 746 g/mol. The molecule has 0 radical (unpaired) electrons. The molecule has 1 atom stereocenters. The van der Waals surface area contributed by atoms with Crippen LogP contribution in [0.1, 0.15) is 22.7 Å². The summed E-state index contributed by atoms with van der Waals surface area (Å²) in [6.07, 6.45) is 0.493. The Balaban J connectivity index is 1.33. The second-order valence-corrected chi connectivity index (χ2v) is 13.7. The highest BCUT2D eigenvalue weighted by atomic mass is 35.5. The third kappa shape index (κ3) is 10.0. The Morgan fingerprint density at radius 1 is 0.808 bits per heavy atom. The number of carbonyl (C=O) groups is 2. The van der Waals surface area contributed by atoms with E-state index in [-0.39, 0.29) is 29.4 Å². The number of anilines is 1. The fourth-order valence-electron chi connectivity index (χ4n) is 5.36. The maximum atomic E-state index is 14.0. The SMILES string of the molecule is COc1ccc(CCNC(=O)[C@@H](c2ccccc2)N(Cc2ccc(Cl)cc2)C(=O)COc2ccc(S(=O)(=O)Nc3ccc(F)cc3)cc2)cc1OC. The van der Waals surface area contributed by atoms with Crippen molar-refractivity contribution in [1.29, 1.82) is 0 Å². The molecule has 13 heteroatoms. The van der Waals surface area contributed by atoms with Crippen LogP contribution in [-0.2, 0) is 32.6 Å². The van der Waals surface area contributed by atoms with E-state index >= 15 is 0 Å². The Kier molecular flexibility index (Phi) is 12.7. The van der Waals surface area contributed by atoms with E-state index in [1.54, 1.807) is 68.8 Å². The third-order valence-corrected chi connectivity index (χ3v) is 9.66. The first-order valence-electron chi connectivity index (χ1n) is 16.1. The Hall–Kier alpha value is -5.59. The summed E-state index contributed by atoms with van der Waals surface area (Å²) in [5, 5.41) is 3.52. The van der Waals surface area contributed by atoms with Gasteiger partial charge >= 0.3 is 0 Å². The molecule has 5 rings (SSSR count). The molecule has 0 aliphatic heterocycles. The zero-order valence-electron chi connectivity index (χ0n) is 28.4. The van der Waals surface area contributed by atoms with Crippen LogP contribution in [0.4, 0.5) is 10.1 Å². The molecule has 2 amide bonds. The van der Waals surface area contributed by atoms with Crippen molar-refractivity contribution in [1.82, 2.24) is 10.2 Å². The van der Waals surface area contributed by atoms with Crippen molar-refractivity contribution < 1.29 is 36.6 Å². The Morgan fingerprint density at radius 3 is 2.12 bits per heavy atom. The van der Waals surface area contributed by atoms with Crippen molar-refractivity contribution in [2.45, 2.75) is 23.9 Å². The molecule has 0 bridgehead atoms. The molecule has 0 unspecified atom stereocenters. The summed E-state index contributed by atoms with van der Waals surface area (Å²) in [4.78, 5) is 29.4. The van der Waals surface area contributed by atoms with Crippen LogP contribution in [0.2, 0.25) is 5.02 Å².